The van der Waals surface area contributed by atoms with E-state index < -0.39 is 5.97 Å². The van der Waals surface area contributed by atoms with Crippen molar-refractivity contribution in [3.05, 3.63) is 11.7 Å². The number of hydrogen-bond donors (Lipinski definition) is 2. The Kier molecular flexibility index (Phi) is 2.20. The summed E-state index contributed by atoms with van der Waals surface area (Å²) in [7, 11) is 0. The van der Waals surface area contributed by atoms with Gasteiger partial charge in [-0.3, -0.25) is 0 Å². The van der Waals surface area contributed by atoms with E-state index in [0.29, 0.717) is 5.89 Å². The van der Waals surface area contributed by atoms with Gasteiger partial charge < -0.3 is 15.4 Å². The summed E-state index contributed by atoms with van der Waals surface area (Å²) in [5.41, 5.74) is 5.72. The number of nitrogens with two attached hydrogens (primary N) is 1. The average molecular weight is 197 g/mol. The number of carbonyl (C=O) groups is 1. The molecule has 1 fully saturated rings. The smallest absolute Gasteiger partial charge is 0.377 e. The molecule has 6 heteroatoms. The Hall–Kier alpha value is -1.43. The Balaban J connectivity index is 2.13. The van der Waals surface area contributed by atoms with Gasteiger partial charge in [0, 0.05) is 12.0 Å². The minimum atomic E-state index is -1.16. The van der Waals surface area contributed by atoms with Gasteiger partial charge in [0.2, 0.25) is 5.89 Å². The molecule has 0 aliphatic heterocycles. The van der Waals surface area contributed by atoms with Gasteiger partial charge in [-0.05, 0) is 24.4 Å². The molecule has 0 amide bonds. The highest BCUT2D eigenvalue weighted by molar-refractivity contribution is 5.82. The van der Waals surface area contributed by atoms with E-state index in [1.54, 1.807) is 0 Å². The molecule has 14 heavy (non-hydrogen) atoms. The van der Waals surface area contributed by atoms with Crippen molar-refractivity contribution in [3.8, 4) is 0 Å². The highest BCUT2D eigenvalue weighted by Gasteiger charge is 2.28. The second-order valence-corrected chi connectivity index (χ2v) is 3.53. The predicted molar refractivity (Wildman–Crippen MR) is 45.8 cm³/mol. The summed E-state index contributed by atoms with van der Waals surface area (Å²) in [6.45, 7) is 0. The van der Waals surface area contributed by atoms with Crippen LogP contribution in [-0.4, -0.2) is 27.3 Å². The summed E-state index contributed by atoms with van der Waals surface area (Å²) in [5.74, 6) is -0.913. The van der Waals surface area contributed by atoms with Crippen molar-refractivity contribution in [1.29, 1.82) is 0 Å². The SMILES string of the molecule is NC1CCC(c2nc(C(=O)O)no2)C1. The lowest BCUT2D eigenvalue weighted by atomic mass is 10.1. The quantitative estimate of drug-likeness (QED) is 0.709. The molecule has 1 heterocycles. The molecule has 0 aromatic carbocycles. The zero-order chi connectivity index (χ0) is 10.1. The molecule has 0 bridgehead atoms. The van der Waals surface area contributed by atoms with Crippen LogP contribution >= 0.6 is 0 Å². The van der Waals surface area contributed by atoms with Crippen LogP contribution in [0.1, 0.15) is 41.7 Å². The fraction of sp³-hybridized carbons (Fsp3) is 0.625. The predicted octanol–water partition coefficient (Wildman–Crippen LogP) is 0.363. The maximum atomic E-state index is 10.5. The van der Waals surface area contributed by atoms with Gasteiger partial charge in [-0.1, -0.05) is 0 Å². The zero-order valence-electron chi connectivity index (χ0n) is 7.51. The van der Waals surface area contributed by atoms with Crippen molar-refractivity contribution in [3.63, 3.8) is 0 Å². The summed E-state index contributed by atoms with van der Waals surface area (Å²) in [4.78, 5) is 14.3. The molecule has 1 saturated carbocycles. The molecule has 2 unspecified atom stereocenters. The highest BCUT2D eigenvalue weighted by Crippen LogP contribution is 2.32. The monoisotopic (exact) mass is 197 g/mol. The van der Waals surface area contributed by atoms with E-state index in [9.17, 15) is 4.79 Å². The number of carboxylic acids is 1. The Labute approximate surface area is 80.1 Å². The average Bonchev–Trinajstić information content (AvgIpc) is 2.70. The van der Waals surface area contributed by atoms with Crippen molar-refractivity contribution < 1.29 is 14.4 Å². The van der Waals surface area contributed by atoms with E-state index in [2.05, 4.69) is 10.1 Å². The highest BCUT2D eigenvalue weighted by atomic mass is 16.5. The van der Waals surface area contributed by atoms with Gasteiger partial charge in [0.25, 0.3) is 5.82 Å². The first-order valence-corrected chi connectivity index (χ1v) is 4.49. The van der Waals surface area contributed by atoms with Gasteiger partial charge in [0.15, 0.2) is 0 Å². The van der Waals surface area contributed by atoms with Gasteiger partial charge in [-0.25, -0.2) is 4.79 Å². The Morgan fingerprint density at radius 1 is 1.57 bits per heavy atom. The van der Waals surface area contributed by atoms with Crippen LogP contribution in [0.2, 0.25) is 0 Å². The number of nitrogens with zero attached hydrogens (tertiary/aromatic N) is 2. The second-order valence-electron chi connectivity index (χ2n) is 3.53. The van der Waals surface area contributed by atoms with Crippen molar-refractivity contribution >= 4 is 5.97 Å². The normalized spacial score (nSPS) is 26.6. The van der Waals surface area contributed by atoms with E-state index in [-0.39, 0.29) is 17.8 Å². The third-order valence-corrected chi connectivity index (χ3v) is 2.46. The molecule has 1 aliphatic rings. The van der Waals surface area contributed by atoms with Crippen LogP contribution in [0.3, 0.4) is 0 Å². The van der Waals surface area contributed by atoms with E-state index in [0.717, 1.165) is 19.3 Å². The van der Waals surface area contributed by atoms with Gasteiger partial charge in [-0.2, -0.15) is 4.98 Å². The topological polar surface area (TPSA) is 102 Å². The number of rotatable bonds is 2. The largest absolute Gasteiger partial charge is 0.475 e. The zero-order valence-corrected chi connectivity index (χ0v) is 7.51. The second kappa shape index (κ2) is 3.38. The third kappa shape index (κ3) is 1.60. The minimum Gasteiger partial charge on any atom is -0.475 e. The maximum absolute atomic E-state index is 10.5. The standard InChI is InChI=1S/C8H11N3O3/c9-5-2-1-4(3-5)7-10-6(8(12)13)11-14-7/h4-5H,1-3,9H2,(H,12,13). The molecule has 76 valence electrons. The molecule has 2 rings (SSSR count). The first-order chi connectivity index (χ1) is 6.66. The van der Waals surface area contributed by atoms with Crippen LogP contribution < -0.4 is 5.73 Å². The number of carboxylic acid groups (broad SMARTS) is 1. The van der Waals surface area contributed by atoms with Crippen LogP contribution in [0.5, 0.6) is 0 Å². The summed E-state index contributed by atoms with van der Waals surface area (Å²) in [5, 5.41) is 11.9. The van der Waals surface area contributed by atoms with E-state index in [1.807, 2.05) is 0 Å². The molecular weight excluding hydrogens is 186 g/mol. The van der Waals surface area contributed by atoms with E-state index in [1.165, 1.54) is 0 Å². The molecule has 0 saturated heterocycles. The van der Waals surface area contributed by atoms with Crippen LogP contribution in [0.15, 0.2) is 4.52 Å². The lowest BCUT2D eigenvalue weighted by Crippen LogP contribution is -2.14. The molecular formula is C8H11N3O3. The number of aromatic carboxylic acids is 1. The summed E-state index contributed by atoms with van der Waals surface area (Å²) in [6, 6.07) is 0.167. The molecule has 0 radical (unpaired) electrons. The summed E-state index contributed by atoms with van der Waals surface area (Å²) in [6.07, 6.45) is 2.61. The third-order valence-electron chi connectivity index (χ3n) is 2.46. The van der Waals surface area contributed by atoms with Crippen molar-refractivity contribution in [2.75, 3.05) is 0 Å². The lowest BCUT2D eigenvalue weighted by molar-refractivity contribution is 0.0680. The molecule has 1 aromatic heterocycles. The van der Waals surface area contributed by atoms with E-state index in [4.69, 9.17) is 15.4 Å². The Morgan fingerprint density at radius 3 is 2.86 bits per heavy atom. The maximum Gasteiger partial charge on any atom is 0.377 e. The van der Waals surface area contributed by atoms with Crippen LogP contribution in [0.25, 0.3) is 0 Å². The molecule has 3 N–H and O–H groups in total. The van der Waals surface area contributed by atoms with Gasteiger partial charge in [-0.15, -0.1) is 0 Å². The van der Waals surface area contributed by atoms with Crippen molar-refractivity contribution in [1.82, 2.24) is 10.1 Å². The Morgan fingerprint density at radius 2 is 2.36 bits per heavy atom. The lowest BCUT2D eigenvalue weighted by Gasteiger charge is -2.01. The van der Waals surface area contributed by atoms with Gasteiger partial charge in [0.1, 0.15) is 0 Å². The molecule has 1 aromatic rings. The minimum absolute atomic E-state index is 0.130. The molecule has 6 nitrogen and oxygen atoms in total. The molecule has 2 atom stereocenters. The van der Waals surface area contributed by atoms with Crippen LogP contribution in [-0.2, 0) is 0 Å². The van der Waals surface area contributed by atoms with E-state index >= 15 is 0 Å². The summed E-state index contributed by atoms with van der Waals surface area (Å²) < 4.78 is 4.86. The van der Waals surface area contributed by atoms with Crippen LogP contribution in [0, 0.1) is 0 Å². The van der Waals surface area contributed by atoms with Crippen molar-refractivity contribution in [2.24, 2.45) is 5.73 Å². The summed E-state index contributed by atoms with van der Waals surface area (Å²) >= 11 is 0. The first kappa shape index (κ1) is 9.14. The molecule has 1 aliphatic carbocycles. The fourth-order valence-electron chi connectivity index (χ4n) is 1.73. The number of hydrogen-bond acceptors (Lipinski definition) is 5. The van der Waals surface area contributed by atoms with Gasteiger partial charge >= 0.3 is 5.97 Å². The fourth-order valence-corrected chi connectivity index (χ4v) is 1.73. The van der Waals surface area contributed by atoms with Crippen LogP contribution in [0.4, 0.5) is 0 Å². The van der Waals surface area contributed by atoms with Gasteiger partial charge in [0.05, 0.1) is 0 Å². The van der Waals surface area contributed by atoms with Crippen molar-refractivity contribution in [2.45, 2.75) is 31.2 Å². The Bertz CT molecular complexity index is 349. The number of aromatic nitrogens is 2. The molecule has 0 spiro atoms. The first-order valence-electron chi connectivity index (χ1n) is 4.49.